The predicted octanol–water partition coefficient (Wildman–Crippen LogP) is 4.52. The fraction of sp³-hybridized carbons (Fsp3) is 0.118. The lowest BCUT2D eigenvalue weighted by atomic mass is 10.1. The molecule has 144 valence electrons. The number of fused-ring (bicyclic) bond motifs is 1. The first kappa shape index (κ1) is 17.9. The number of hydrogen-bond acceptors (Lipinski definition) is 5. The number of benzene rings is 2. The Bertz CT molecular complexity index is 1140. The van der Waals surface area contributed by atoms with E-state index in [1.165, 1.54) is 12.1 Å². The Balaban J connectivity index is 1.56. The van der Waals surface area contributed by atoms with E-state index in [4.69, 9.17) is 4.42 Å². The lowest BCUT2D eigenvalue weighted by Crippen LogP contribution is -2.09. The quantitative estimate of drug-likeness (QED) is 0.497. The van der Waals surface area contributed by atoms with E-state index in [9.17, 15) is 22.0 Å². The monoisotopic (exact) mass is 395 g/mol. The van der Waals surface area contributed by atoms with Crippen LogP contribution in [0.25, 0.3) is 22.6 Å². The van der Waals surface area contributed by atoms with Gasteiger partial charge in [-0.25, -0.2) is 8.78 Å². The van der Waals surface area contributed by atoms with Gasteiger partial charge in [0, 0.05) is 23.2 Å². The highest BCUT2D eigenvalue weighted by atomic mass is 19.4. The van der Waals surface area contributed by atoms with Gasteiger partial charge in [0.2, 0.25) is 5.82 Å². The van der Waals surface area contributed by atoms with Crippen molar-refractivity contribution in [2.24, 2.45) is 0 Å². The maximum atomic E-state index is 14.3. The summed E-state index contributed by atoms with van der Waals surface area (Å²) in [6, 6.07) is 6.63. The molecule has 0 saturated heterocycles. The minimum absolute atomic E-state index is 0.0805. The van der Waals surface area contributed by atoms with Crippen LogP contribution in [0.1, 0.15) is 11.1 Å². The molecule has 0 saturated carbocycles. The smallest absolute Gasteiger partial charge is 0.419 e. The Hall–Kier alpha value is -3.50. The number of nitrogens with one attached hydrogen (secondary N) is 2. The average Bonchev–Trinajstić information content (AvgIpc) is 3.27. The molecule has 4 rings (SSSR count). The van der Waals surface area contributed by atoms with Gasteiger partial charge in [-0.2, -0.15) is 18.4 Å². The Morgan fingerprint density at radius 2 is 1.86 bits per heavy atom. The molecule has 0 radical (unpaired) electrons. The van der Waals surface area contributed by atoms with Gasteiger partial charge in [-0.1, -0.05) is 0 Å². The zero-order chi connectivity index (χ0) is 19.9. The molecule has 0 unspecified atom stereocenters. The summed E-state index contributed by atoms with van der Waals surface area (Å²) < 4.78 is 71.3. The third kappa shape index (κ3) is 3.38. The lowest BCUT2D eigenvalue weighted by Gasteiger charge is -2.11. The second-order valence-electron chi connectivity index (χ2n) is 5.87. The Labute approximate surface area is 153 Å². The number of aromatic amines is 1. The van der Waals surface area contributed by atoms with Crippen LogP contribution in [0.2, 0.25) is 0 Å². The van der Waals surface area contributed by atoms with Gasteiger partial charge in [0.25, 0.3) is 0 Å². The van der Waals surface area contributed by atoms with Gasteiger partial charge in [-0.05, 0) is 41.6 Å². The first-order chi connectivity index (χ1) is 13.3. The zero-order valence-corrected chi connectivity index (χ0v) is 13.8. The zero-order valence-electron chi connectivity index (χ0n) is 13.8. The second-order valence-corrected chi connectivity index (χ2v) is 5.87. The highest BCUT2D eigenvalue weighted by molar-refractivity contribution is 5.82. The summed E-state index contributed by atoms with van der Waals surface area (Å²) in [4.78, 5) is 0. The Morgan fingerprint density at radius 3 is 2.54 bits per heavy atom. The van der Waals surface area contributed by atoms with Crippen LogP contribution in [0.4, 0.5) is 27.6 Å². The summed E-state index contributed by atoms with van der Waals surface area (Å²) >= 11 is 0. The van der Waals surface area contributed by atoms with Gasteiger partial charge < -0.3 is 9.73 Å². The van der Waals surface area contributed by atoms with E-state index in [1.807, 2.05) is 0 Å². The number of tetrazole rings is 1. The molecule has 2 aromatic heterocycles. The van der Waals surface area contributed by atoms with Crippen LogP contribution in [-0.2, 0) is 12.7 Å². The molecule has 6 nitrogen and oxygen atoms in total. The summed E-state index contributed by atoms with van der Waals surface area (Å²) in [5, 5.41) is 16.4. The topological polar surface area (TPSA) is 79.6 Å². The van der Waals surface area contributed by atoms with Crippen molar-refractivity contribution in [1.29, 1.82) is 0 Å². The first-order valence-electron chi connectivity index (χ1n) is 7.87. The van der Waals surface area contributed by atoms with Crippen LogP contribution in [0.3, 0.4) is 0 Å². The van der Waals surface area contributed by atoms with E-state index in [0.29, 0.717) is 23.1 Å². The van der Waals surface area contributed by atoms with Crippen molar-refractivity contribution in [3.05, 3.63) is 59.2 Å². The number of nitrogens with zero attached hydrogens (tertiary/aromatic N) is 3. The maximum absolute atomic E-state index is 14.3. The van der Waals surface area contributed by atoms with Crippen LogP contribution >= 0.6 is 0 Å². The number of halogens is 5. The normalized spacial score (nSPS) is 11.9. The van der Waals surface area contributed by atoms with Gasteiger partial charge in [-0.3, -0.25) is 0 Å². The van der Waals surface area contributed by atoms with Crippen molar-refractivity contribution in [2.45, 2.75) is 12.7 Å². The first-order valence-corrected chi connectivity index (χ1v) is 7.87. The molecule has 28 heavy (non-hydrogen) atoms. The van der Waals surface area contributed by atoms with E-state index in [2.05, 4.69) is 25.9 Å². The minimum atomic E-state index is -4.78. The summed E-state index contributed by atoms with van der Waals surface area (Å²) in [5.41, 5.74) is -0.745. The standard InChI is InChI=1S/C17H10F5N5O/c18-12-3-8-4-15(16-24-26-27-25-16)28-14(8)5-9(12)7-23-10-1-2-11(13(19)6-10)17(20,21)22/h1-6,23H,7H2,(H,24,25,26,27). The van der Waals surface area contributed by atoms with Crippen molar-refractivity contribution >= 4 is 16.7 Å². The fourth-order valence-corrected chi connectivity index (χ4v) is 2.67. The van der Waals surface area contributed by atoms with E-state index in [-0.39, 0.29) is 29.4 Å². The Morgan fingerprint density at radius 1 is 1.04 bits per heavy atom. The number of aromatic nitrogens is 4. The molecular formula is C17H10F5N5O. The molecule has 0 aliphatic carbocycles. The molecule has 2 N–H and O–H groups in total. The number of alkyl halides is 3. The SMILES string of the molecule is Fc1cc2cc(-c3nn[nH]n3)oc2cc1CNc1ccc(C(F)(F)F)c(F)c1. The van der Waals surface area contributed by atoms with E-state index in [0.717, 1.165) is 6.07 Å². The highest BCUT2D eigenvalue weighted by Crippen LogP contribution is 2.33. The molecule has 2 aromatic carbocycles. The van der Waals surface area contributed by atoms with Crippen molar-refractivity contribution in [3.8, 4) is 11.6 Å². The molecule has 0 bridgehead atoms. The van der Waals surface area contributed by atoms with Crippen molar-refractivity contribution in [2.75, 3.05) is 5.32 Å². The maximum Gasteiger partial charge on any atom is 0.419 e. The van der Waals surface area contributed by atoms with Crippen LogP contribution in [0.15, 0.2) is 40.8 Å². The van der Waals surface area contributed by atoms with E-state index in [1.54, 1.807) is 6.07 Å². The lowest BCUT2D eigenvalue weighted by molar-refractivity contribution is -0.139. The number of anilines is 1. The molecule has 2 heterocycles. The highest BCUT2D eigenvalue weighted by Gasteiger charge is 2.33. The van der Waals surface area contributed by atoms with Crippen LogP contribution in [0.5, 0.6) is 0 Å². The third-order valence-electron chi connectivity index (χ3n) is 4.01. The summed E-state index contributed by atoms with van der Waals surface area (Å²) in [7, 11) is 0. The van der Waals surface area contributed by atoms with Crippen LogP contribution in [-0.4, -0.2) is 20.6 Å². The molecule has 0 spiro atoms. The molecule has 0 fully saturated rings. The van der Waals surface area contributed by atoms with Crippen LogP contribution in [0, 0.1) is 11.6 Å². The molecule has 11 heteroatoms. The van der Waals surface area contributed by atoms with Gasteiger partial charge >= 0.3 is 6.18 Å². The summed E-state index contributed by atoms with van der Waals surface area (Å²) in [6.07, 6.45) is -4.78. The van der Waals surface area contributed by atoms with Gasteiger partial charge in [0.05, 0.1) is 5.56 Å². The third-order valence-corrected chi connectivity index (χ3v) is 4.01. The molecule has 4 aromatic rings. The van der Waals surface area contributed by atoms with Crippen molar-refractivity contribution in [3.63, 3.8) is 0 Å². The Kier molecular flexibility index (Phi) is 4.21. The van der Waals surface area contributed by atoms with E-state index >= 15 is 0 Å². The van der Waals surface area contributed by atoms with E-state index < -0.39 is 23.4 Å². The summed E-state index contributed by atoms with van der Waals surface area (Å²) in [6.45, 7) is -0.0924. The van der Waals surface area contributed by atoms with Crippen molar-refractivity contribution in [1.82, 2.24) is 20.6 Å². The summed E-state index contributed by atoms with van der Waals surface area (Å²) in [5.74, 6) is -1.48. The largest absolute Gasteiger partial charge is 0.453 e. The molecular weight excluding hydrogens is 385 g/mol. The number of rotatable bonds is 4. The number of hydrogen-bond donors (Lipinski definition) is 2. The minimum Gasteiger partial charge on any atom is -0.453 e. The van der Waals surface area contributed by atoms with Gasteiger partial charge in [0.1, 0.15) is 17.2 Å². The number of furan rings is 1. The molecule has 0 atom stereocenters. The molecule has 0 aliphatic rings. The number of H-pyrrole nitrogens is 1. The molecule has 0 aliphatic heterocycles. The average molecular weight is 395 g/mol. The van der Waals surface area contributed by atoms with Gasteiger partial charge in [-0.15, -0.1) is 10.2 Å². The van der Waals surface area contributed by atoms with Crippen molar-refractivity contribution < 1.29 is 26.4 Å². The predicted molar refractivity (Wildman–Crippen MR) is 88.1 cm³/mol. The van der Waals surface area contributed by atoms with Crippen LogP contribution < -0.4 is 5.32 Å². The fourth-order valence-electron chi connectivity index (χ4n) is 2.67. The van der Waals surface area contributed by atoms with Gasteiger partial charge in [0.15, 0.2) is 5.76 Å². The second kappa shape index (κ2) is 6.59. The molecule has 0 amide bonds.